The van der Waals surface area contributed by atoms with Gasteiger partial charge in [0.2, 0.25) is 5.91 Å². The smallest absolute Gasteiger partial charge is 0.269 e. The average Bonchev–Trinajstić information content (AvgIpc) is 3.01. The zero-order valence-corrected chi connectivity index (χ0v) is 19.7. The molecule has 0 N–H and O–H groups in total. The molecule has 184 valence electrons. The lowest BCUT2D eigenvalue weighted by Gasteiger charge is -2.35. The van der Waals surface area contributed by atoms with Gasteiger partial charge in [0.1, 0.15) is 11.8 Å². The van der Waals surface area contributed by atoms with E-state index in [0.717, 1.165) is 43.4 Å². The van der Waals surface area contributed by atoms with Crippen molar-refractivity contribution >= 4 is 29.1 Å². The van der Waals surface area contributed by atoms with Crippen LogP contribution in [0, 0.1) is 10.1 Å². The number of nitrogens with zero attached hydrogens (tertiary/aromatic N) is 3. The number of nitro groups is 1. The number of amides is 3. The van der Waals surface area contributed by atoms with Crippen LogP contribution in [-0.2, 0) is 9.59 Å². The predicted octanol–water partition coefficient (Wildman–Crippen LogP) is 4.49. The van der Waals surface area contributed by atoms with Gasteiger partial charge in [-0.25, -0.2) is 4.90 Å². The molecular weight excluding hydrogens is 450 g/mol. The molecule has 2 fully saturated rings. The van der Waals surface area contributed by atoms with Gasteiger partial charge >= 0.3 is 0 Å². The largest absolute Gasteiger partial charge is 0.494 e. The summed E-state index contributed by atoms with van der Waals surface area (Å²) in [6.45, 7) is 2.38. The van der Waals surface area contributed by atoms with Crippen molar-refractivity contribution in [3.05, 3.63) is 64.2 Å². The molecule has 1 atom stereocenters. The highest BCUT2D eigenvalue weighted by Gasteiger charge is 2.46. The van der Waals surface area contributed by atoms with Crippen LogP contribution in [0.5, 0.6) is 5.75 Å². The Morgan fingerprint density at radius 3 is 2.23 bits per heavy atom. The topological polar surface area (TPSA) is 110 Å². The van der Waals surface area contributed by atoms with Crippen LogP contribution in [0.2, 0.25) is 0 Å². The van der Waals surface area contributed by atoms with Crippen LogP contribution in [0.25, 0.3) is 0 Å². The first-order valence-electron chi connectivity index (χ1n) is 12.1. The molecule has 1 aliphatic heterocycles. The first kappa shape index (κ1) is 24.4. The van der Waals surface area contributed by atoms with E-state index >= 15 is 0 Å². The monoisotopic (exact) mass is 479 g/mol. The summed E-state index contributed by atoms with van der Waals surface area (Å²) in [7, 11) is 0. The Morgan fingerprint density at radius 1 is 1.03 bits per heavy atom. The zero-order chi connectivity index (χ0) is 24.9. The van der Waals surface area contributed by atoms with Gasteiger partial charge in [-0.2, -0.15) is 0 Å². The Labute approximate surface area is 203 Å². The van der Waals surface area contributed by atoms with Gasteiger partial charge in [-0.1, -0.05) is 25.7 Å². The molecule has 9 nitrogen and oxygen atoms in total. The highest BCUT2D eigenvalue weighted by atomic mass is 16.6. The van der Waals surface area contributed by atoms with Crippen molar-refractivity contribution in [3.63, 3.8) is 0 Å². The van der Waals surface area contributed by atoms with Gasteiger partial charge in [0.05, 0.1) is 23.6 Å². The normalized spacial score (nSPS) is 18.9. The van der Waals surface area contributed by atoms with Crippen molar-refractivity contribution in [3.8, 4) is 5.75 Å². The number of nitro benzene ring substituents is 1. The average molecular weight is 480 g/mol. The molecular formula is C26H29N3O6. The molecule has 2 aliphatic rings. The highest BCUT2D eigenvalue weighted by Crippen LogP contribution is 2.32. The van der Waals surface area contributed by atoms with E-state index in [4.69, 9.17) is 4.74 Å². The summed E-state index contributed by atoms with van der Waals surface area (Å²) < 4.78 is 5.45. The number of non-ortho nitro benzene ring substituents is 1. The van der Waals surface area contributed by atoms with Crippen molar-refractivity contribution in [2.75, 3.05) is 11.5 Å². The second-order valence-electron chi connectivity index (χ2n) is 8.88. The molecule has 1 saturated heterocycles. The van der Waals surface area contributed by atoms with Crippen LogP contribution in [0.15, 0.2) is 48.5 Å². The number of anilines is 1. The van der Waals surface area contributed by atoms with E-state index in [0.29, 0.717) is 18.0 Å². The van der Waals surface area contributed by atoms with E-state index in [-0.39, 0.29) is 35.5 Å². The maximum atomic E-state index is 13.7. The quantitative estimate of drug-likeness (QED) is 0.250. The van der Waals surface area contributed by atoms with Crippen LogP contribution in [0.4, 0.5) is 11.4 Å². The van der Waals surface area contributed by atoms with Crippen molar-refractivity contribution < 1.29 is 24.0 Å². The van der Waals surface area contributed by atoms with E-state index in [1.165, 1.54) is 24.3 Å². The van der Waals surface area contributed by atoms with Gasteiger partial charge in [-0.15, -0.1) is 0 Å². The third-order valence-corrected chi connectivity index (χ3v) is 6.64. The molecule has 0 radical (unpaired) electrons. The van der Waals surface area contributed by atoms with Gasteiger partial charge in [-0.05, 0) is 56.2 Å². The summed E-state index contributed by atoms with van der Waals surface area (Å²) >= 11 is 0. The molecule has 0 spiro atoms. The van der Waals surface area contributed by atoms with E-state index in [1.54, 1.807) is 29.2 Å². The predicted molar refractivity (Wildman–Crippen MR) is 129 cm³/mol. The van der Waals surface area contributed by atoms with E-state index in [9.17, 15) is 24.5 Å². The molecule has 1 unspecified atom stereocenters. The Hall–Kier alpha value is -3.75. The number of carbonyl (C=O) groups is 3. The molecule has 1 aliphatic carbocycles. The van der Waals surface area contributed by atoms with Gasteiger partial charge in [-0.3, -0.25) is 24.5 Å². The number of hydrogen-bond donors (Lipinski definition) is 0. The van der Waals surface area contributed by atoms with Crippen molar-refractivity contribution in [1.82, 2.24) is 4.90 Å². The van der Waals surface area contributed by atoms with Gasteiger partial charge < -0.3 is 9.64 Å². The fourth-order valence-corrected chi connectivity index (χ4v) is 4.94. The maximum absolute atomic E-state index is 13.7. The number of carbonyl (C=O) groups excluding carboxylic acids is 3. The van der Waals surface area contributed by atoms with Crippen LogP contribution >= 0.6 is 0 Å². The molecule has 2 aromatic carbocycles. The molecule has 2 aromatic rings. The molecule has 1 heterocycles. The number of ether oxygens (including phenoxy) is 1. The number of hydrogen-bond acceptors (Lipinski definition) is 6. The number of benzene rings is 2. The summed E-state index contributed by atoms with van der Waals surface area (Å²) in [5.74, 6) is -0.537. The van der Waals surface area contributed by atoms with Crippen LogP contribution in [0.3, 0.4) is 0 Å². The molecule has 9 heteroatoms. The molecule has 0 aromatic heterocycles. The minimum Gasteiger partial charge on any atom is -0.494 e. The fourth-order valence-electron chi connectivity index (χ4n) is 4.94. The van der Waals surface area contributed by atoms with Gasteiger partial charge in [0, 0.05) is 23.7 Å². The maximum Gasteiger partial charge on any atom is 0.269 e. The fraction of sp³-hybridized carbons (Fsp3) is 0.423. The SMILES string of the molecule is CCOc1ccc(N2C(=O)CC(N(C(=O)c3ccc([N+](=O)[O-])cc3)C3CCCCCC3)C2=O)cc1. The second kappa shape index (κ2) is 10.7. The van der Waals surface area contributed by atoms with E-state index < -0.39 is 16.9 Å². The van der Waals surface area contributed by atoms with Crippen LogP contribution in [0.1, 0.15) is 62.2 Å². The standard InChI is InChI=1S/C26H29N3O6/c1-2-35-22-15-13-20(14-16-22)28-24(30)17-23(26(28)32)27(19-7-5-3-4-6-8-19)25(31)18-9-11-21(12-10-18)29(33)34/h9-16,19,23H,2-8,17H2,1H3. The summed E-state index contributed by atoms with van der Waals surface area (Å²) in [5.41, 5.74) is 0.588. The Morgan fingerprint density at radius 2 is 1.66 bits per heavy atom. The summed E-state index contributed by atoms with van der Waals surface area (Å²) in [6, 6.07) is 11.0. The van der Waals surface area contributed by atoms with Crippen molar-refractivity contribution in [2.45, 2.75) is 64.0 Å². The minimum absolute atomic E-state index is 0.0960. The first-order chi connectivity index (χ1) is 16.9. The molecule has 1 saturated carbocycles. The van der Waals surface area contributed by atoms with Crippen molar-refractivity contribution in [1.29, 1.82) is 0 Å². The number of rotatable bonds is 7. The molecule has 35 heavy (non-hydrogen) atoms. The van der Waals surface area contributed by atoms with Gasteiger partial charge in [0.15, 0.2) is 0 Å². The minimum atomic E-state index is -0.917. The summed E-state index contributed by atoms with van der Waals surface area (Å²) in [5, 5.41) is 11.0. The summed E-state index contributed by atoms with van der Waals surface area (Å²) in [4.78, 5) is 53.5. The molecule has 4 rings (SSSR count). The van der Waals surface area contributed by atoms with E-state index in [1.807, 2.05) is 6.92 Å². The third-order valence-electron chi connectivity index (χ3n) is 6.64. The third kappa shape index (κ3) is 5.18. The highest BCUT2D eigenvalue weighted by molar-refractivity contribution is 6.23. The summed E-state index contributed by atoms with van der Waals surface area (Å²) in [6.07, 6.45) is 5.40. The van der Waals surface area contributed by atoms with Crippen LogP contribution in [-0.4, -0.2) is 46.2 Å². The second-order valence-corrected chi connectivity index (χ2v) is 8.88. The Balaban J connectivity index is 1.64. The van der Waals surface area contributed by atoms with Gasteiger partial charge in [0.25, 0.3) is 17.5 Å². The first-order valence-corrected chi connectivity index (χ1v) is 12.1. The lowest BCUT2D eigenvalue weighted by molar-refractivity contribution is -0.384. The molecule has 0 bridgehead atoms. The zero-order valence-electron chi connectivity index (χ0n) is 19.7. The van der Waals surface area contributed by atoms with Crippen molar-refractivity contribution in [2.24, 2.45) is 0 Å². The van der Waals surface area contributed by atoms with E-state index in [2.05, 4.69) is 0 Å². The lowest BCUT2D eigenvalue weighted by Crippen LogP contribution is -2.50. The number of imide groups is 1. The Bertz CT molecular complexity index is 1090. The van der Waals surface area contributed by atoms with Crippen LogP contribution < -0.4 is 9.64 Å². The Kier molecular flexibility index (Phi) is 7.43. The lowest BCUT2D eigenvalue weighted by atomic mass is 10.0. The molecule has 3 amide bonds.